The van der Waals surface area contributed by atoms with Crippen LogP contribution in [0.2, 0.25) is 0 Å². The quantitative estimate of drug-likeness (QED) is 0.0424. The number of anilines is 3. The maximum atomic E-state index is 14.5. The largest absolute Gasteiger partial charge is 0.505 e. The van der Waals surface area contributed by atoms with Crippen LogP contribution in [0.25, 0.3) is 21.5 Å². The Hall–Kier alpha value is -5.37. The van der Waals surface area contributed by atoms with Gasteiger partial charge in [-0.2, -0.15) is 53.0 Å². The number of nitrogens with one attached hydrogen (secondary N) is 2. The van der Waals surface area contributed by atoms with Crippen molar-refractivity contribution >= 4 is 101 Å². The predicted molar refractivity (Wildman–Crippen MR) is 199 cm³/mol. The fraction of sp³-hybridized carbons (Fsp3) is 0.138. The highest BCUT2D eigenvalue weighted by Gasteiger charge is 2.28. The number of halogens is 1. The standard InChI is InChI=1S/C29H26FN7O16S5/c1-2-54(39,40)11-10-53-9-8-31-28-33-27(30)34-29(35-28)32-20-14-16(55(41,42)43)12-15-13-22(57(47,48)49)24(25(38)23(15)20)37-36-19-7-6-17-18(26(19)58(50,51)52)4-3-5-21(17)56(44,45)46/h2-7,12-14,38H,1,8-11H2,(H,41,42,43)(H,44,45,46)(H,47,48,49)(H,50,51,52)(H2,31,32,33,34,35). The van der Waals surface area contributed by atoms with Gasteiger partial charge in [0.05, 0.1) is 29.5 Å². The van der Waals surface area contributed by atoms with Gasteiger partial charge in [-0.25, -0.2) is 8.42 Å². The lowest BCUT2D eigenvalue weighted by Gasteiger charge is -2.15. The van der Waals surface area contributed by atoms with E-state index in [1.54, 1.807) is 0 Å². The molecular weight excluding hydrogens is 882 g/mol. The van der Waals surface area contributed by atoms with Crippen molar-refractivity contribution in [2.24, 2.45) is 10.2 Å². The van der Waals surface area contributed by atoms with E-state index in [1.807, 2.05) is 0 Å². The molecule has 0 amide bonds. The first-order valence-corrected chi connectivity index (χ1v) is 22.8. The number of aromatic hydroxyl groups is 1. The summed E-state index contributed by atoms with van der Waals surface area (Å²) < 4.78 is 181. The van der Waals surface area contributed by atoms with Crippen LogP contribution in [-0.2, 0) is 55.0 Å². The fourth-order valence-corrected chi connectivity index (χ4v) is 8.42. The number of sulfone groups is 1. The Morgan fingerprint density at radius 1 is 0.759 bits per heavy atom. The Balaban J connectivity index is 1.64. The summed E-state index contributed by atoms with van der Waals surface area (Å²) in [5, 5.41) is 22.4. The van der Waals surface area contributed by atoms with E-state index in [9.17, 15) is 69.8 Å². The minimum Gasteiger partial charge on any atom is -0.505 e. The number of phenols is 1. The number of nitrogens with zero attached hydrogens (tertiary/aromatic N) is 5. The molecule has 0 fully saturated rings. The molecule has 0 aliphatic heterocycles. The fourth-order valence-electron chi connectivity index (χ4n) is 5.17. The molecule has 0 spiro atoms. The first kappa shape index (κ1) is 43.7. The van der Waals surface area contributed by atoms with Crippen molar-refractivity contribution in [2.75, 3.05) is 36.1 Å². The zero-order valence-electron chi connectivity index (χ0n) is 28.6. The molecule has 1 heterocycles. The molecule has 1 aromatic heterocycles. The molecule has 58 heavy (non-hydrogen) atoms. The van der Waals surface area contributed by atoms with E-state index < -0.39 is 132 Å². The van der Waals surface area contributed by atoms with Gasteiger partial charge in [0.2, 0.25) is 11.9 Å². The van der Waals surface area contributed by atoms with Gasteiger partial charge in [0, 0.05) is 28.1 Å². The van der Waals surface area contributed by atoms with E-state index in [0.29, 0.717) is 18.2 Å². The summed E-state index contributed by atoms with van der Waals surface area (Å²) in [7, 11) is -24.4. The van der Waals surface area contributed by atoms with E-state index in [0.717, 1.165) is 35.7 Å². The summed E-state index contributed by atoms with van der Waals surface area (Å²) in [5.74, 6) is -2.74. The molecule has 29 heteroatoms. The highest BCUT2D eigenvalue weighted by Crippen LogP contribution is 2.46. The highest BCUT2D eigenvalue weighted by atomic mass is 32.2. The molecule has 0 aliphatic carbocycles. The van der Waals surface area contributed by atoms with Gasteiger partial charge >= 0.3 is 6.08 Å². The van der Waals surface area contributed by atoms with Gasteiger partial charge in [-0.1, -0.05) is 24.8 Å². The van der Waals surface area contributed by atoms with Gasteiger partial charge in [0.15, 0.2) is 15.6 Å². The lowest BCUT2D eigenvalue weighted by Crippen LogP contribution is -2.16. The first-order valence-electron chi connectivity index (χ1n) is 15.4. The van der Waals surface area contributed by atoms with Crippen LogP contribution >= 0.6 is 0 Å². The summed E-state index contributed by atoms with van der Waals surface area (Å²) in [6.07, 6.45) is -1.42. The Labute approximate surface area is 327 Å². The minimum atomic E-state index is -5.45. The molecule has 7 N–H and O–H groups in total. The third-order valence-corrected chi connectivity index (χ3v) is 12.4. The Morgan fingerprint density at radius 3 is 2.05 bits per heavy atom. The molecule has 5 rings (SSSR count). The predicted octanol–water partition coefficient (Wildman–Crippen LogP) is 3.16. The van der Waals surface area contributed by atoms with Crippen LogP contribution < -0.4 is 10.6 Å². The average molecular weight is 908 g/mol. The van der Waals surface area contributed by atoms with Gasteiger partial charge < -0.3 is 20.5 Å². The molecular formula is C29H26FN7O16S5. The van der Waals surface area contributed by atoms with Gasteiger partial charge in [0.1, 0.15) is 26.1 Å². The van der Waals surface area contributed by atoms with Crippen LogP contribution in [0.4, 0.5) is 33.3 Å². The van der Waals surface area contributed by atoms with Crippen LogP contribution in [0.1, 0.15) is 0 Å². The van der Waals surface area contributed by atoms with E-state index >= 15 is 0 Å². The van der Waals surface area contributed by atoms with Crippen LogP contribution in [0.3, 0.4) is 0 Å². The topological polar surface area (TPSA) is 369 Å². The third-order valence-electron chi connectivity index (χ3n) is 7.59. The van der Waals surface area contributed by atoms with Crippen molar-refractivity contribution in [3.8, 4) is 5.75 Å². The normalized spacial score (nSPS) is 13.0. The summed E-state index contributed by atoms with van der Waals surface area (Å²) >= 11 is 0. The second-order valence-corrected chi connectivity index (χ2v) is 19.1. The van der Waals surface area contributed by atoms with E-state index in [2.05, 4.69) is 42.4 Å². The zero-order valence-corrected chi connectivity index (χ0v) is 32.7. The van der Waals surface area contributed by atoms with Crippen LogP contribution in [0, 0.1) is 6.08 Å². The Morgan fingerprint density at radius 2 is 1.43 bits per heavy atom. The Kier molecular flexibility index (Phi) is 12.2. The van der Waals surface area contributed by atoms with Crippen molar-refractivity contribution in [3.63, 3.8) is 0 Å². The van der Waals surface area contributed by atoms with Crippen LogP contribution in [0.5, 0.6) is 5.75 Å². The van der Waals surface area contributed by atoms with Crippen molar-refractivity contribution in [2.45, 2.75) is 19.6 Å². The van der Waals surface area contributed by atoms with E-state index in [-0.39, 0.29) is 25.5 Å². The molecule has 5 aromatic rings. The second-order valence-electron chi connectivity index (χ2n) is 11.5. The van der Waals surface area contributed by atoms with Crippen molar-refractivity contribution < 1.29 is 74.5 Å². The number of ether oxygens (including phenoxy) is 1. The van der Waals surface area contributed by atoms with Gasteiger partial charge in [-0.3, -0.25) is 18.2 Å². The number of hydrogen-bond acceptors (Lipinski definition) is 19. The SMILES string of the molecule is C=CS(=O)(=O)CCOCCNc1nc(F)nc(Nc2cc(S(=O)(=O)O)cc3cc(S(=O)(=O)O)c(N=Nc4ccc5c(S(=O)(=O)O)cccc5c4S(=O)(=O)O)c(O)c23)n1. The van der Waals surface area contributed by atoms with Crippen molar-refractivity contribution in [1.82, 2.24) is 15.0 Å². The van der Waals surface area contributed by atoms with Gasteiger partial charge in [0.25, 0.3) is 40.5 Å². The highest BCUT2D eigenvalue weighted by molar-refractivity contribution is 7.94. The molecule has 23 nitrogen and oxygen atoms in total. The number of azo groups is 1. The number of benzene rings is 4. The van der Waals surface area contributed by atoms with Gasteiger partial charge in [-0.05, 0) is 35.7 Å². The third kappa shape index (κ3) is 10.0. The molecule has 0 atom stereocenters. The summed E-state index contributed by atoms with van der Waals surface area (Å²) in [6.45, 7) is 2.73. The number of fused-ring (bicyclic) bond motifs is 2. The van der Waals surface area contributed by atoms with Crippen molar-refractivity contribution in [3.05, 3.63) is 66.6 Å². The maximum Gasteiger partial charge on any atom is 0.315 e. The first-order chi connectivity index (χ1) is 26.8. The van der Waals surface area contributed by atoms with Gasteiger partial charge in [-0.15, -0.1) is 10.2 Å². The summed E-state index contributed by atoms with van der Waals surface area (Å²) in [4.78, 5) is 6.69. The smallest absolute Gasteiger partial charge is 0.315 e. The van der Waals surface area contributed by atoms with E-state index in [1.165, 1.54) is 0 Å². The molecule has 0 saturated carbocycles. The monoisotopic (exact) mass is 907 g/mol. The molecule has 0 radical (unpaired) electrons. The number of aromatic nitrogens is 3. The maximum absolute atomic E-state index is 14.5. The van der Waals surface area contributed by atoms with Crippen LogP contribution in [0.15, 0.2) is 90.3 Å². The van der Waals surface area contributed by atoms with Crippen molar-refractivity contribution in [1.29, 1.82) is 0 Å². The lowest BCUT2D eigenvalue weighted by molar-refractivity contribution is 0.159. The molecule has 310 valence electrons. The summed E-state index contributed by atoms with van der Waals surface area (Å²) in [6, 6.07) is 6.56. The summed E-state index contributed by atoms with van der Waals surface area (Å²) in [5.41, 5.74) is -2.53. The molecule has 0 saturated heterocycles. The Bertz CT molecular complexity index is 3110. The van der Waals surface area contributed by atoms with Crippen LogP contribution in [-0.4, -0.2) is 106 Å². The average Bonchev–Trinajstić information content (AvgIpc) is 3.09. The molecule has 0 bridgehead atoms. The lowest BCUT2D eigenvalue weighted by atomic mass is 10.1. The molecule has 0 aliphatic rings. The number of phenolic OH excluding ortho intramolecular Hbond substituents is 1. The molecule has 0 unspecified atom stereocenters. The zero-order chi connectivity index (χ0) is 43.0. The minimum absolute atomic E-state index is 0.107. The second kappa shape index (κ2) is 16.1. The molecule has 4 aromatic carbocycles. The number of rotatable bonds is 16. The number of hydrogen-bond donors (Lipinski definition) is 7. The van der Waals surface area contributed by atoms with E-state index in [4.69, 9.17) is 4.74 Å².